The van der Waals surface area contributed by atoms with Crippen molar-refractivity contribution in [2.24, 2.45) is 0 Å². The van der Waals surface area contributed by atoms with Gasteiger partial charge in [0.2, 0.25) is 0 Å². The van der Waals surface area contributed by atoms with Crippen LogP contribution in [-0.2, 0) is 10.1 Å². The molecule has 0 spiro atoms. The van der Waals surface area contributed by atoms with E-state index in [1.165, 1.54) is 0 Å². The molecule has 22 heavy (non-hydrogen) atoms. The molecule has 0 aliphatic carbocycles. The van der Waals surface area contributed by atoms with Crippen molar-refractivity contribution in [3.05, 3.63) is 0 Å². The van der Waals surface area contributed by atoms with Gasteiger partial charge in [-0.3, -0.25) is 0 Å². The van der Waals surface area contributed by atoms with Gasteiger partial charge in [-0.25, -0.2) is 8.42 Å². The van der Waals surface area contributed by atoms with Crippen LogP contribution in [0, 0.1) is 0 Å². The van der Waals surface area contributed by atoms with Crippen molar-refractivity contribution in [3.63, 3.8) is 0 Å². The summed E-state index contributed by atoms with van der Waals surface area (Å²) in [6, 6.07) is 0. The third kappa shape index (κ3) is 15.1. The van der Waals surface area contributed by atoms with Crippen molar-refractivity contribution in [2.75, 3.05) is 0 Å². The summed E-state index contributed by atoms with van der Waals surface area (Å²) >= 11 is 0. The molecule has 0 saturated carbocycles. The second-order valence-corrected chi connectivity index (χ2v) is 7.70. The molecule has 128 valence electrons. The van der Waals surface area contributed by atoms with Crippen molar-refractivity contribution in [3.8, 4) is 0 Å². The van der Waals surface area contributed by atoms with Crippen molar-refractivity contribution >= 4 is 10.1 Å². The third-order valence-corrected chi connectivity index (χ3v) is 5.29. The number of aliphatic hydroxyl groups is 1. The van der Waals surface area contributed by atoms with Crippen LogP contribution in [0.25, 0.3) is 0 Å². The maximum Gasteiger partial charge on any atom is 1.00 e. The molecule has 4 nitrogen and oxygen atoms in total. The number of aliphatic hydroxyl groups excluding tert-OH is 1. The normalized spacial score (nSPS) is 14.4. The fourth-order valence-electron chi connectivity index (χ4n) is 2.56. The predicted octanol–water partition coefficient (Wildman–Crippen LogP) is 0.986. The Balaban J connectivity index is 0. The minimum absolute atomic E-state index is 0. The van der Waals surface area contributed by atoms with Gasteiger partial charge in [-0.05, 0) is 25.7 Å². The van der Waals surface area contributed by atoms with E-state index in [0.29, 0.717) is 25.7 Å². The number of hydrogen-bond acceptors (Lipinski definition) is 4. The van der Waals surface area contributed by atoms with Crippen LogP contribution >= 0.6 is 0 Å². The standard InChI is InChI=1S/C16H34O4S.K/c1-3-5-7-8-10-12-16(21(18,19)20)14-13-15(17)11-9-6-4-2;/h15-17H,3-14H2,1-2H3,(H,18,19,20);/q;+1/p-1. The van der Waals surface area contributed by atoms with E-state index in [2.05, 4.69) is 13.8 Å². The minimum Gasteiger partial charge on any atom is -0.748 e. The third-order valence-electron chi connectivity index (χ3n) is 4.00. The van der Waals surface area contributed by atoms with Crippen molar-refractivity contribution in [1.29, 1.82) is 0 Å². The van der Waals surface area contributed by atoms with E-state index in [0.717, 1.165) is 51.4 Å². The number of hydrogen-bond donors (Lipinski definition) is 1. The SMILES string of the molecule is CCCCCCCC(CCC(O)CCCCC)S(=O)(=O)[O-].[K+]. The van der Waals surface area contributed by atoms with Crippen molar-refractivity contribution in [2.45, 2.75) is 102 Å². The van der Waals surface area contributed by atoms with Crippen LogP contribution < -0.4 is 51.4 Å². The molecule has 0 aromatic carbocycles. The summed E-state index contributed by atoms with van der Waals surface area (Å²) in [5, 5.41) is 9.02. The van der Waals surface area contributed by atoms with E-state index in [1.807, 2.05) is 0 Å². The molecule has 0 rings (SSSR count). The van der Waals surface area contributed by atoms with Crippen LogP contribution in [-0.4, -0.2) is 29.4 Å². The zero-order chi connectivity index (χ0) is 16.1. The molecule has 0 aliphatic heterocycles. The average Bonchev–Trinajstić information content (AvgIpc) is 2.40. The molecule has 1 N–H and O–H groups in total. The first-order chi connectivity index (χ1) is 9.91. The van der Waals surface area contributed by atoms with Crippen LogP contribution in [0.5, 0.6) is 0 Å². The monoisotopic (exact) mass is 360 g/mol. The quantitative estimate of drug-likeness (QED) is 0.285. The Labute approximate surface area is 180 Å². The van der Waals surface area contributed by atoms with E-state index in [4.69, 9.17) is 0 Å². The predicted molar refractivity (Wildman–Crippen MR) is 86.2 cm³/mol. The fourth-order valence-corrected chi connectivity index (χ4v) is 3.44. The van der Waals surface area contributed by atoms with E-state index >= 15 is 0 Å². The van der Waals surface area contributed by atoms with Gasteiger partial charge in [0.15, 0.2) is 0 Å². The van der Waals surface area contributed by atoms with Crippen molar-refractivity contribution in [1.82, 2.24) is 0 Å². The van der Waals surface area contributed by atoms with Gasteiger partial charge in [0.1, 0.15) is 0 Å². The second-order valence-electron chi connectivity index (χ2n) is 6.04. The van der Waals surface area contributed by atoms with Gasteiger partial charge in [0.25, 0.3) is 0 Å². The zero-order valence-electron chi connectivity index (χ0n) is 14.7. The second kappa shape index (κ2) is 16.0. The Morgan fingerprint density at radius 3 is 1.86 bits per heavy atom. The molecule has 0 saturated heterocycles. The molecule has 6 heteroatoms. The van der Waals surface area contributed by atoms with Gasteiger partial charge in [-0.1, -0.05) is 65.2 Å². The minimum atomic E-state index is -4.24. The molecule has 0 aromatic heterocycles. The van der Waals surface area contributed by atoms with Gasteiger partial charge in [-0.2, -0.15) is 0 Å². The van der Waals surface area contributed by atoms with Gasteiger partial charge in [0, 0.05) is 5.25 Å². The Morgan fingerprint density at radius 1 is 0.818 bits per heavy atom. The summed E-state index contributed by atoms with van der Waals surface area (Å²) in [4.78, 5) is 0. The van der Waals surface area contributed by atoms with Crippen LogP contribution in [0.3, 0.4) is 0 Å². The Hall–Kier alpha value is 1.51. The summed E-state index contributed by atoms with van der Waals surface area (Å²) in [5.74, 6) is 0. The zero-order valence-corrected chi connectivity index (χ0v) is 18.7. The molecule has 0 radical (unpaired) electrons. The first kappa shape index (κ1) is 25.7. The maximum atomic E-state index is 11.3. The summed E-state index contributed by atoms with van der Waals surface area (Å²) in [6.45, 7) is 4.23. The molecular weight excluding hydrogens is 327 g/mol. The van der Waals surface area contributed by atoms with E-state index < -0.39 is 21.5 Å². The van der Waals surface area contributed by atoms with Crippen LogP contribution in [0.15, 0.2) is 0 Å². The Bertz CT molecular complexity index is 333. The molecule has 0 amide bonds. The molecule has 0 fully saturated rings. The molecular formula is C16H33KO4S. The maximum absolute atomic E-state index is 11.3. The number of rotatable bonds is 14. The molecule has 0 heterocycles. The molecule has 0 bridgehead atoms. The topological polar surface area (TPSA) is 77.4 Å². The number of unbranched alkanes of at least 4 members (excludes halogenated alkanes) is 6. The van der Waals surface area contributed by atoms with E-state index in [1.54, 1.807) is 0 Å². The van der Waals surface area contributed by atoms with Gasteiger partial charge < -0.3 is 9.66 Å². The summed E-state index contributed by atoms with van der Waals surface area (Å²) < 4.78 is 33.9. The van der Waals surface area contributed by atoms with Gasteiger partial charge in [-0.15, -0.1) is 0 Å². The van der Waals surface area contributed by atoms with Crippen molar-refractivity contribution < 1.29 is 69.5 Å². The Morgan fingerprint density at radius 2 is 1.32 bits per heavy atom. The first-order valence-corrected chi connectivity index (χ1v) is 10.0. The fraction of sp³-hybridized carbons (Fsp3) is 1.00. The van der Waals surface area contributed by atoms with Crippen LogP contribution in [0.2, 0.25) is 0 Å². The summed E-state index contributed by atoms with van der Waals surface area (Å²) in [5.41, 5.74) is 0. The molecule has 2 unspecified atom stereocenters. The summed E-state index contributed by atoms with van der Waals surface area (Å²) in [6.07, 6.45) is 9.71. The van der Waals surface area contributed by atoms with Crippen LogP contribution in [0.4, 0.5) is 0 Å². The smallest absolute Gasteiger partial charge is 0.748 e. The Kier molecular flexibility index (Phi) is 18.7. The molecule has 0 aromatic rings. The molecule has 0 aliphatic rings. The van der Waals surface area contributed by atoms with Gasteiger partial charge in [0.05, 0.1) is 16.2 Å². The summed E-state index contributed by atoms with van der Waals surface area (Å²) in [7, 11) is -4.24. The van der Waals surface area contributed by atoms with Gasteiger partial charge >= 0.3 is 51.4 Å². The largest absolute Gasteiger partial charge is 1.00 e. The van der Waals surface area contributed by atoms with Crippen LogP contribution in [0.1, 0.15) is 90.9 Å². The van der Waals surface area contributed by atoms with E-state index in [-0.39, 0.29) is 51.4 Å². The first-order valence-electron chi connectivity index (χ1n) is 8.54. The van der Waals surface area contributed by atoms with E-state index in [9.17, 15) is 18.1 Å². The average molecular weight is 361 g/mol. The molecule has 2 atom stereocenters.